The van der Waals surface area contributed by atoms with Gasteiger partial charge >= 0.3 is 0 Å². The number of nitrogens with one attached hydrogen (secondary N) is 1. The van der Waals surface area contributed by atoms with Crippen molar-refractivity contribution in [1.29, 1.82) is 0 Å². The zero-order valence-corrected chi connectivity index (χ0v) is 9.33. The molecule has 0 aliphatic carbocycles. The van der Waals surface area contributed by atoms with E-state index >= 15 is 0 Å². The molecule has 2 rings (SSSR count). The van der Waals surface area contributed by atoms with Crippen molar-refractivity contribution in [2.75, 3.05) is 6.54 Å². The lowest BCUT2D eigenvalue weighted by Crippen LogP contribution is -2.40. The molecule has 1 aliphatic heterocycles. The summed E-state index contributed by atoms with van der Waals surface area (Å²) in [5, 5.41) is 5.09. The fraction of sp³-hybridized carbons (Fsp3) is 0.500. The van der Waals surface area contributed by atoms with Crippen LogP contribution in [-0.4, -0.2) is 18.4 Å². The van der Waals surface area contributed by atoms with Gasteiger partial charge in [0.05, 0.1) is 6.04 Å². The monoisotopic (exact) mass is 229 g/mol. The van der Waals surface area contributed by atoms with Crippen LogP contribution in [0.2, 0.25) is 4.34 Å². The van der Waals surface area contributed by atoms with Gasteiger partial charge in [-0.25, -0.2) is 0 Å². The minimum absolute atomic E-state index is 0.0177. The highest BCUT2D eigenvalue weighted by Gasteiger charge is 2.23. The number of ketones is 1. The van der Waals surface area contributed by atoms with Crippen molar-refractivity contribution in [3.05, 3.63) is 21.3 Å². The number of carbonyl (C=O) groups excluding carboxylic acids is 1. The summed E-state index contributed by atoms with van der Waals surface area (Å²) in [6.07, 6.45) is 3.23. The molecule has 1 atom stereocenters. The van der Waals surface area contributed by atoms with Crippen molar-refractivity contribution in [3.8, 4) is 0 Å². The molecule has 4 heteroatoms. The number of hydrogen-bond donors (Lipinski definition) is 1. The molecule has 1 unspecified atom stereocenters. The van der Waals surface area contributed by atoms with Gasteiger partial charge in [0.15, 0.2) is 5.78 Å². The molecule has 0 spiro atoms. The SMILES string of the molecule is O=C(c1ccsc1Cl)C1CCCCN1. The summed E-state index contributed by atoms with van der Waals surface area (Å²) >= 11 is 7.34. The van der Waals surface area contributed by atoms with E-state index in [1.807, 2.05) is 11.4 Å². The number of thiophene rings is 1. The molecule has 0 amide bonds. The van der Waals surface area contributed by atoms with Crippen LogP contribution in [0.4, 0.5) is 0 Å². The molecule has 1 saturated heterocycles. The highest BCUT2D eigenvalue weighted by atomic mass is 35.5. The van der Waals surface area contributed by atoms with E-state index < -0.39 is 0 Å². The Bertz CT molecular complexity index is 331. The lowest BCUT2D eigenvalue weighted by atomic mass is 9.98. The van der Waals surface area contributed by atoms with Crippen LogP contribution in [0.3, 0.4) is 0 Å². The molecule has 1 aromatic heterocycles. The first-order chi connectivity index (χ1) is 6.79. The van der Waals surface area contributed by atoms with Gasteiger partial charge in [0.2, 0.25) is 0 Å². The molecule has 0 radical (unpaired) electrons. The molecule has 0 bridgehead atoms. The molecular weight excluding hydrogens is 218 g/mol. The van der Waals surface area contributed by atoms with Crippen molar-refractivity contribution in [3.63, 3.8) is 0 Å². The largest absolute Gasteiger partial charge is 0.307 e. The van der Waals surface area contributed by atoms with Crippen molar-refractivity contribution in [1.82, 2.24) is 5.32 Å². The normalized spacial score (nSPS) is 22.2. The van der Waals surface area contributed by atoms with E-state index in [9.17, 15) is 4.79 Å². The molecule has 2 heterocycles. The second-order valence-electron chi connectivity index (χ2n) is 3.47. The van der Waals surface area contributed by atoms with Gasteiger partial charge in [-0.05, 0) is 30.8 Å². The van der Waals surface area contributed by atoms with E-state index in [0.717, 1.165) is 19.4 Å². The van der Waals surface area contributed by atoms with Crippen molar-refractivity contribution in [2.24, 2.45) is 0 Å². The summed E-state index contributed by atoms with van der Waals surface area (Å²) in [7, 11) is 0. The van der Waals surface area contributed by atoms with Gasteiger partial charge in [-0.1, -0.05) is 18.0 Å². The highest BCUT2D eigenvalue weighted by Crippen LogP contribution is 2.25. The predicted octanol–water partition coefficient (Wildman–Crippen LogP) is 2.73. The van der Waals surface area contributed by atoms with E-state index in [-0.39, 0.29) is 11.8 Å². The second kappa shape index (κ2) is 4.43. The third kappa shape index (κ3) is 2.00. The zero-order valence-electron chi connectivity index (χ0n) is 7.75. The Hall–Kier alpha value is -0.380. The molecule has 0 aromatic carbocycles. The first kappa shape index (κ1) is 10.1. The van der Waals surface area contributed by atoms with Gasteiger partial charge in [0, 0.05) is 5.56 Å². The smallest absolute Gasteiger partial charge is 0.182 e. The summed E-state index contributed by atoms with van der Waals surface area (Å²) in [5.74, 6) is 0.149. The Morgan fingerprint density at radius 2 is 2.43 bits per heavy atom. The molecule has 76 valence electrons. The quantitative estimate of drug-likeness (QED) is 0.791. The van der Waals surface area contributed by atoms with Crippen molar-refractivity contribution in [2.45, 2.75) is 25.3 Å². The van der Waals surface area contributed by atoms with E-state index in [1.54, 1.807) is 0 Å². The van der Waals surface area contributed by atoms with E-state index in [2.05, 4.69) is 5.32 Å². The predicted molar refractivity (Wildman–Crippen MR) is 59.3 cm³/mol. The average molecular weight is 230 g/mol. The third-order valence-corrected chi connectivity index (χ3v) is 3.68. The number of carbonyl (C=O) groups is 1. The Morgan fingerprint density at radius 1 is 1.57 bits per heavy atom. The number of Topliss-reactive ketones (excluding diaryl/α,β-unsaturated/α-hetero) is 1. The van der Waals surface area contributed by atoms with Crippen LogP contribution in [0.25, 0.3) is 0 Å². The molecule has 0 saturated carbocycles. The van der Waals surface area contributed by atoms with Gasteiger partial charge in [-0.3, -0.25) is 4.79 Å². The van der Waals surface area contributed by atoms with Crippen LogP contribution in [0.1, 0.15) is 29.6 Å². The van der Waals surface area contributed by atoms with E-state index in [1.165, 1.54) is 17.8 Å². The van der Waals surface area contributed by atoms with Gasteiger partial charge in [0.25, 0.3) is 0 Å². The summed E-state index contributed by atoms with van der Waals surface area (Å²) < 4.78 is 0.613. The Kier molecular flexibility index (Phi) is 3.21. The molecule has 2 nitrogen and oxygen atoms in total. The van der Waals surface area contributed by atoms with Crippen LogP contribution in [0, 0.1) is 0 Å². The lowest BCUT2D eigenvalue weighted by Gasteiger charge is -2.21. The van der Waals surface area contributed by atoms with Gasteiger partial charge in [-0.15, -0.1) is 11.3 Å². The minimum atomic E-state index is -0.0177. The van der Waals surface area contributed by atoms with Crippen LogP contribution in [0.5, 0.6) is 0 Å². The standard InChI is InChI=1S/C10H12ClNOS/c11-10-7(4-6-14-10)9(13)8-3-1-2-5-12-8/h4,6,8,12H,1-3,5H2. The van der Waals surface area contributed by atoms with Crippen LogP contribution in [0.15, 0.2) is 11.4 Å². The van der Waals surface area contributed by atoms with E-state index in [4.69, 9.17) is 11.6 Å². The van der Waals surface area contributed by atoms with Crippen molar-refractivity contribution < 1.29 is 4.79 Å². The maximum Gasteiger partial charge on any atom is 0.182 e. The number of piperidine rings is 1. The van der Waals surface area contributed by atoms with E-state index in [0.29, 0.717) is 9.90 Å². The molecule has 1 N–H and O–H groups in total. The first-order valence-corrected chi connectivity index (χ1v) is 6.05. The van der Waals surface area contributed by atoms with Crippen molar-refractivity contribution >= 4 is 28.7 Å². The zero-order chi connectivity index (χ0) is 9.97. The maximum absolute atomic E-state index is 11.9. The highest BCUT2D eigenvalue weighted by molar-refractivity contribution is 7.14. The fourth-order valence-electron chi connectivity index (χ4n) is 1.73. The van der Waals surface area contributed by atoms with Crippen LogP contribution >= 0.6 is 22.9 Å². The summed E-state index contributed by atoms with van der Waals surface area (Å²) in [4.78, 5) is 11.9. The topological polar surface area (TPSA) is 29.1 Å². The van der Waals surface area contributed by atoms with Gasteiger partial charge < -0.3 is 5.32 Å². The first-order valence-electron chi connectivity index (χ1n) is 4.79. The summed E-state index contributed by atoms with van der Waals surface area (Å²) in [6, 6.07) is 1.79. The van der Waals surface area contributed by atoms with Gasteiger partial charge in [-0.2, -0.15) is 0 Å². The molecule has 14 heavy (non-hydrogen) atoms. The average Bonchev–Trinajstić information content (AvgIpc) is 2.65. The molecule has 1 fully saturated rings. The number of hydrogen-bond acceptors (Lipinski definition) is 3. The molecule has 1 aliphatic rings. The maximum atomic E-state index is 11.9. The third-order valence-electron chi connectivity index (χ3n) is 2.51. The Balaban J connectivity index is 2.11. The van der Waals surface area contributed by atoms with Crippen LogP contribution < -0.4 is 5.32 Å². The molecule has 1 aromatic rings. The summed E-state index contributed by atoms with van der Waals surface area (Å²) in [5.41, 5.74) is 0.677. The molecular formula is C10H12ClNOS. The minimum Gasteiger partial charge on any atom is -0.307 e. The van der Waals surface area contributed by atoms with Crippen LogP contribution in [-0.2, 0) is 0 Å². The second-order valence-corrected chi connectivity index (χ2v) is 4.99. The fourth-order valence-corrected chi connectivity index (χ4v) is 2.66. The Morgan fingerprint density at radius 3 is 3.00 bits per heavy atom. The number of halogens is 1. The Labute approximate surface area is 92.3 Å². The van der Waals surface area contributed by atoms with Gasteiger partial charge in [0.1, 0.15) is 4.34 Å². The number of rotatable bonds is 2. The summed E-state index contributed by atoms with van der Waals surface area (Å²) in [6.45, 7) is 0.943. The lowest BCUT2D eigenvalue weighted by molar-refractivity contribution is 0.0928.